The molecule has 0 aliphatic heterocycles. The van der Waals surface area contributed by atoms with Crippen molar-refractivity contribution in [3.63, 3.8) is 0 Å². The van der Waals surface area contributed by atoms with E-state index in [1.807, 2.05) is 18.2 Å². The molecule has 0 bridgehead atoms. The molecular formula is C14H17BrN2OS. The van der Waals surface area contributed by atoms with E-state index in [-0.39, 0.29) is 0 Å². The lowest BCUT2D eigenvalue weighted by Crippen LogP contribution is -2.17. The van der Waals surface area contributed by atoms with E-state index in [4.69, 9.17) is 10.5 Å². The molecule has 0 unspecified atom stereocenters. The minimum Gasteiger partial charge on any atom is -0.497 e. The highest BCUT2D eigenvalue weighted by atomic mass is 79.9. The molecule has 0 radical (unpaired) electrons. The smallest absolute Gasteiger partial charge is 0.120 e. The Morgan fingerprint density at radius 3 is 2.68 bits per heavy atom. The van der Waals surface area contributed by atoms with Crippen molar-refractivity contribution < 1.29 is 4.74 Å². The number of anilines is 1. The minimum absolute atomic E-state index is 0.776. The molecule has 3 nitrogen and oxygen atoms in total. The fourth-order valence-corrected chi connectivity index (χ4v) is 3.42. The number of hydrogen-bond acceptors (Lipinski definition) is 4. The van der Waals surface area contributed by atoms with Crippen LogP contribution in [0.25, 0.3) is 0 Å². The van der Waals surface area contributed by atoms with Crippen LogP contribution in [0.3, 0.4) is 0 Å². The number of methoxy groups -OCH3 is 1. The summed E-state index contributed by atoms with van der Waals surface area (Å²) in [6.45, 7) is 1.74. The van der Waals surface area contributed by atoms with Crippen molar-refractivity contribution in [2.45, 2.75) is 13.1 Å². The van der Waals surface area contributed by atoms with Gasteiger partial charge >= 0.3 is 0 Å². The summed E-state index contributed by atoms with van der Waals surface area (Å²) in [5.74, 6) is 0.797. The maximum absolute atomic E-state index is 6.03. The maximum atomic E-state index is 6.03. The highest BCUT2D eigenvalue weighted by molar-refractivity contribution is 9.10. The third-order valence-corrected chi connectivity index (χ3v) is 4.52. The summed E-state index contributed by atoms with van der Waals surface area (Å²) in [5, 5.41) is 2.10. The third-order valence-electron chi connectivity index (χ3n) is 2.84. The molecule has 0 saturated heterocycles. The van der Waals surface area contributed by atoms with Gasteiger partial charge in [-0.25, -0.2) is 0 Å². The Hall–Kier alpha value is -1.04. The van der Waals surface area contributed by atoms with Crippen LogP contribution in [0.5, 0.6) is 5.75 Å². The molecule has 5 heteroatoms. The van der Waals surface area contributed by atoms with Gasteiger partial charge in [0.15, 0.2) is 0 Å². The second-order valence-corrected chi connectivity index (χ2v) is 6.38. The number of rotatable bonds is 5. The van der Waals surface area contributed by atoms with E-state index in [1.165, 1.54) is 4.88 Å². The summed E-state index contributed by atoms with van der Waals surface area (Å²) < 4.78 is 6.30. The van der Waals surface area contributed by atoms with E-state index < -0.39 is 0 Å². The van der Waals surface area contributed by atoms with Crippen molar-refractivity contribution >= 4 is 33.0 Å². The first-order valence-electron chi connectivity index (χ1n) is 5.92. The van der Waals surface area contributed by atoms with Crippen LogP contribution in [-0.4, -0.2) is 19.1 Å². The number of nitrogens with zero attached hydrogens (tertiary/aromatic N) is 1. The first-order valence-corrected chi connectivity index (χ1v) is 7.59. The summed E-state index contributed by atoms with van der Waals surface area (Å²) >= 11 is 5.23. The topological polar surface area (TPSA) is 38.5 Å². The van der Waals surface area contributed by atoms with Gasteiger partial charge in [0.25, 0.3) is 0 Å². The first kappa shape index (κ1) is 14.4. The van der Waals surface area contributed by atoms with E-state index in [0.29, 0.717) is 0 Å². The molecule has 2 rings (SSSR count). The maximum Gasteiger partial charge on any atom is 0.120 e. The number of hydrogen-bond donors (Lipinski definition) is 1. The lowest BCUT2D eigenvalue weighted by Gasteiger charge is -2.17. The number of ether oxygens (including phenoxy) is 1. The second-order valence-electron chi connectivity index (χ2n) is 4.47. The molecule has 0 atom stereocenters. The Morgan fingerprint density at radius 1 is 1.32 bits per heavy atom. The van der Waals surface area contributed by atoms with Crippen molar-refractivity contribution in [3.8, 4) is 5.75 Å². The van der Waals surface area contributed by atoms with Gasteiger partial charge in [0.05, 0.1) is 7.11 Å². The molecule has 0 aliphatic rings. The number of nitrogen functional groups attached to an aromatic ring is 1. The van der Waals surface area contributed by atoms with Gasteiger partial charge in [-0.2, -0.15) is 0 Å². The highest BCUT2D eigenvalue weighted by Crippen LogP contribution is 2.23. The van der Waals surface area contributed by atoms with Crippen LogP contribution < -0.4 is 10.5 Å². The molecule has 1 aromatic carbocycles. The SMILES string of the molecule is COc1ccc(CN(C)Cc2cc(Br)cs2)c(N)c1. The van der Waals surface area contributed by atoms with E-state index in [2.05, 4.69) is 39.3 Å². The molecule has 2 aromatic rings. The lowest BCUT2D eigenvalue weighted by atomic mass is 10.1. The van der Waals surface area contributed by atoms with E-state index in [1.54, 1.807) is 18.4 Å². The standard InChI is InChI=1S/C14H17BrN2OS/c1-17(8-13-5-11(15)9-19-13)7-10-3-4-12(18-2)6-14(10)16/h3-6,9H,7-8,16H2,1-2H3. The van der Waals surface area contributed by atoms with Crippen molar-refractivity contribution in [1.82, 2.24) is 4.90 Å². The molecule has 2 N–H and O–H groups in total. The van der Waals surface area contributed by atoms with E-state index >= 15 is 0 Å². The van der Waals surface area contributed by atoms with Crippen molar-refractivity contribution in [2.75, 3.05) is 19.9 Å². The van der Waals surface area contributed by atoms with Crippen LogP contribution in [0.15, 0.2) is 34.1 Å². The van der Waals surface area contributed by atoms with E-state index in [0.717, 1.165) is 34.6 Å². The van der Waals surface area contributed by atoms with Crippen molar-refractivity contribution in [2.24, 2.45) is 0 Å². The normalized spacial score (nSPS) is 10.9. The van der Waals surface area contributed by atoms with Crippen molar-refractivity contribution in [3.05, 3.63) is 44.6 Å². The van der Waals surface area contributed by atoms with Crippen LogP contribution in [0.2, 0.25) is 0 Å². The van der Waals surface area contributed by atoms with Crippen LogP contribution >= 0.6 is 27.3 Å². The van der Waals surface area contributed by atoms with Gasteiger partial charge in [-0.3, -0.25) is 4.90 Å². The largest absolute Gasteiger partial charge is 0.497 e. The number of benzene rings is 1. The van der Waals surface area contributed by atoms with Gasteiger partial charge in [0.1, 0.15) is 5.75 Å². The van der Waals surface area contributed by atoms with E-state index in [9.17, 15) is 0 Å². The van der Waals surface area contributed by atoms with Gasteiger partial charge in [-0.05, 0) is 40.7 Å². The van der Waals surface area contributed by atoms with Gasteiger partial charge in [-0.1, -0.05) is 6.07 Å². The summed E-state index contributed by atoms with van der Waals surface area (Å²) in [6.07, 6.45) is 0. The van der Waals surface area contributed by atoms with Gasteiger partial charge in [0.2, 0.25) is 0 Å². The molecule has 0 spiro atoms. The van der Waals surface area contributed by atoms with Gasteiger partial charge in [0, 0.05) is 39.6 Å². The Morgan fingerprint density at radius 2 is 2.11 bits per heavy atom. The van der Waals surface area contributed by atoms with Crippen molar-refractivity contribution in [1.29, 1.82) is 0 Å². The van der Waals surface area contributed by atoms with Crippen LogP contribution in [-0.2, 0) is 13.1 Å². The zero-order valence-corrected chi connectivity index (χ0v) is 13.4. The minimum atomic E-state index is 0.776. The zero-order valence-electron chi connectivity index (χ0n) is 11.0. The molecule has 102 valence electrons. The van der Waals surface area contributed by atoms with Crippen LogP contribution in [0.1, 0.15) is 10.4 Å². The molecule has 0 amide bonds. The molecule has 19 heavy (non-hydrogen) atoms. The summed E-state index contributed by atoms with van der Waals surface area (Å²) in [6, 6.07) is 7.99. The Balaban J connectivity index is 2.00. The fraction of sp³-hybridized carbons (Fsp3) is 0.286. The molecular weight excluding hydrogens is 324 g/mol. The Bertz CT molecular complexity index is 556. The predicted octanol–water partition coefficient (Wildman–Crippen LogP) is 3.73. The molecule has 0 aliphatic carbocycles. The molecule has 1 aromatic heterocycles. The third kappa shape index (κ3) is 3.96. The first-order chi connectivity index (χ1) is 9.08. The quantitative estimate of drug-likeness (QED) is 0.842. The second kappa shape index (κ2) is 6.41. The summed E-state index contributed by atoms with van der Waals surface area (Å²) in [7, 11) is 3.74. The Kier molecular flexibility index (Phi) is 4.85. The van der Waals surface area contributed by atoms with Gasteiger partial charge < -0.3 is 10.5 Å². The lowest BCUT2D eigenvalue weighted by molar-refractivity contribution is 0.322. The number of nitrogens with two attached hydrogens (primary N) is 1. The highest BCUT2D eigenvalue weighted by Gasteiger charge is 2.07. The number of halogens is 1. The fourth-order valence-electron chi connectivity index (χ4n) is 1.89. The average molecular weight is 341 g/mol. The number of thiophene rings is 1. The predicted molar refractivity (Wildman–Crippen MR) is 84.6 cm³/mol. The van der Waals surface area contributed by atoms with Gasteiger partial charge in [-0.15, -0.1) is 11.3 Å². The van der Waals surface area contributed by atoms with Crippen LogP contribution in [0, 0.1) is 0 Å². The van der Waals surface area contributed by atoms with Crippen LogP contribution in [0.4, 0.5) is 5.69 Å². The molecule has 0 fully saturated rings. The molecule has 1 heterocycles. The Labute approximate surface area is 126 Å². The summed E-state index contributed by atoms with van der Waals surface area (Å²) in [5.41, 5.74) is 7.93. The average Bonchev–Trinajstić information content (AvgIpc) is 2.77. The summed E-state index contributed by atoms with van der Waals surface area (Å²) in [4.78, 5) is 3.58. The zero-order chi connectivity index (χ0) is 13.8. The molecule has 0 saturated carbocycles. The monoisotopic (exact) mass is 340 g/mol.